The highest BCUT2D eigenvalue weighted by Gasteiger charge is 2.20. The Labute approximate surface area is 105 Å². The molecule has 0 saturated carbocycles. The summed E-state index contributed by atoms with van der Waals surface area (Å²) < 4.78 is 4.55. The lowest BCUT2D eigenvalue weighted by Gasteiger charge is -2.18. The largest absolute Gasteiger partial charge is 0.468 e. The Hall–Kier alpha value is -2.11. The highest BCUT2D eigenvalue weighted by Crippen LogP contribution is 2.30. The van der Waals surface area contributed by atoms with Gasteiger partial charge in [0.15, 0.2) is 0 Å². The average Bonchev–Trinajstić information content (AvgIpc) is 2.31. The van der Waals surface area contributed by atoms with Gasteiger partial charge in [0, 0.05) is 13.1 Å². The van der Waals surface area contributed by atoms with Crippen LogP contribution in [0.15, 0.2) is 12.1 Å². The van der Waals surface area contributed by atoms with Gasteiger partial charge in [0.25, 0.3) is 5.69 Å². The molecule has 0 amide bonds. The molecular formula is C12H16N2O4. The van der Waals surface area contributed by atoms with Gasteiger partial charge in [-0.15, -0.1) is 0 Å². The lowest BCUT2D eigenvalue weighted by molar-refractivity contribution is -0.384. The van der Waals surface area contributed by atoms with Crippen molar-refractivity contribution >= 4 is 17.3 Å². The van der Waals surface area contributed by atoms with Crippen molar-refractivity contribution in [1.29, 1.82) is 0 Å². The number of benzene rings is 1. The number of methoxy groups -OCH3 is 1. The number of carbonyl (C=O) groups is 1. The Bertz CT molecular complexity index is 485. The third kappa shape index (κ3) is 2.97. The Balaban J connectivity index is 3.17. The van der Waals surface area contributed by atoms with Gasteiger partial charge in [-0.3, -0.25) is 14.9 Å². The predicted octanol–water partition coefficient (Wildman–Crippen LogP) is 1.82. The van der Waals surface area contributed by atoms with Gasteiger partial charge in [-0.25, -0.2) is 0 Å². The monoisotopic (exact) mass is 252 g/mol. The lowest BCUT2D eigenvalue weighted by Crippen LogP contribution is -2.27. The highest BCUT2D eigenvalue weighted by atomic mass is 16.6. The van der Waals surface area contributed by atoms with Crippen molar-refractivity contribution in [2.75, 3.05) is 25.6 Å². The summed E-state index contributed by atoms with van der Waals surface area (Å²) in [5, 5.41) is 11.0. The molecule has 98 valence electrons. The summed E-state index contributed by atoms with van der Waals surface area (Å²) >= 11 is 0. The van der Waals surface area contributed by atoms with Crippen LogP contribution < -0.4 is 4.90 Å². The van der Waals surface area contributed by atoms with Crippen LogP contribution in [0.5, 0.6) is 0 Å². The van der Waals surface area contributed by atoms with E-state index in [1.807, 2.05) is 13.8 Å². The SMILES string of the molecule is COC(=O)CN(C)c1cc(C)c(C)cc1[N+](=O)[O-]. The van der Waals surface area contributed by atoms with Gasteiger partial charge < -0.3 is 9.64 Å². The van der Waals surface area contributed by atoms with Crippen LogP contribution in [0.25, 0.3) is 0 Å². The van der Waals surface area contributed by atoms with E-state index in [9.17, 15) is 14.9 Å². The van der Waals surface area contributed by atoms with Crippen LogP contribution in [0, 0.1) is 24.0 Å². The number of nitro benzene ring substituents is 1. The van der Waals surface area contributed by atoms with Crippen LogP contribution in [0.2, 0.25) is 0 Å². The van der Waals surface area contributed by atoms with Gasteiger partial charge in [0.2, 0.25) is 0 Å². The number of ether oxygens (including phenoxy) is 1. The minimum atomic E-state index is -0.449. The zero-order valence-corrected chi connectivity index (χ0v) is 10.9. The second-order valence-corrected chi connectivity index (χ2v) is 4.11. The topological polar surface area (TPSA) is 72.7 Å². The summed E-state index contributed by atoms with van der Waals surface area (Å²) in [5.41, 5.74) is 2.18. The molecule has 1 rings (SSSR count). The number of nitrogens with zero attached hydrogens (tertiary/aromatic N) is 2. The molecule has 0 N–H and O–H groups in total. The van der Waals surface area contributed by atoms with Crippen LogP contribution in [-0.2, 0) is 9.53 Å². The van der Waals surface area contributed by atoms with E-state index in [1.165, 1.54) is 18.1 Å². The highest BCUT2D eigenvalue weighted by molar-refractivity contribution is 5.78. The Morgan fingerprint density at radius 2 is 1.94 bits per heavy atom. The molecule has 6 heteroatoms. The fourth-order valence-corrected chi connectivity index (χ4v) is 1.58. The summed E-state index contributed by atoms with van der Waals surface area (Å²) in [6.45, 7) is 3.65. The van der Waals surface area contributed by atoms with E-state index in [4.69, 9.17) is 0 Å². The smallest absolute Gasteiger partial charge is 0.325 e. The Morgan fingerprint density at radius 1 is 1.39 bits per heavy atom. The number of esters is 1. The molecule has 0 atom stereocenters. The van der Waals surface area contributed by atoms with Gasteiger partial charge in [-0.05, 0) is 31.0 Å². The minimum Gasteiger partial charge on any atom is -0.468 e. The predicted molar refractivity (Wildman–Crippen MR) is 67.9 cm³/mol. The molecule has 18 heavy (non-hydrogen) atoms. The van der Waals surface area contributed by atoms with Crippen LogP contribution in [-0.4, -0.2) is 31.6 Å². The molecule has 1 aromatic rings. The van der Waals surface area contributed by atoms with Gasteiger partial charge in [-0.2, -0.15) is 0 Å². The van der Waals surface area contributed by atoms with Gasteiger partial charge in [-0.1, -0.05) is 0 Å². The molecule has 0 unspecified atom stereocenters. The molecule has 0 radical (unpaired) electrons. The first kappa shape index (κ1) is 14.0. The third-order valence-corrected chi connectivity index (χ3v) is 2.79. The maximum Gasteiger partial charge on any atom is 0.325 e. The molecule has 0 saturated heterocycles. The Morgan fingerprint density at radius 3 is 2.44 bits per heavy atom. The fraction of sp³-hybridized carbons (Fsp3) is 0.417. The number of likely N-dealkylation sites (N-methyl/N-ethyl adjacent to an activating group) is 1. The number of carbonyl (C=O) groups excluding carboxylic acids is 1. The lowest BCUT2D eigenvalue weighted by atomic mass is 10.1. The van der Waals surface area contributed by atoms with E-state index in [2.05, 4.69) is 4.74 Å². The van der Waals surface area contributed by atoms with E-state index in [0.717, 1.165) is 11.1 Å². The van der Waals surface area contributed by atoms with Gasteiger partial charge in [0.1, 0.15) is 12.2 Å². The van der Waals surface area contributed by atoms with E-state index < -0.39 is 10.9 Å². The summed E-state index contributed by atoms with van der Waals surface area (Å²) in [5.74, 6) is -0.440. The maximum atomic E-state index is 11.2. The van der Waals surface area contributed by atoms with Crippen molar-refractivity contribution in [3.05, 3.63) is 33.4 Å². The quantitative estimate of drug-likeness (QED) is 0.464. The molecule has 6 nitrogen and oxygen atoms in total. The molecule has 0 aromatic heterocycles. The number of hydrogen-bond donors (Lipinski definition) is 0. The second-order valence-electron chi connectivity index (χ2n) is 4.11. The van der Waals surface area contributed by atoms with Crippen LogP contribution in [0.3, 0.4) is 0 Å². The summed E-state index contributed by atoms with van der Waals surface area (Å²) in [4.78, 5) is 23.3. The van der Waals surface area contributed by atoms with E-state index in [-0.39, 0.29) is 12.2 Å². The molecule has 0 heterocycles. The first-order valence-corrected chi connectivity index (χ1v) is 5.40. The van der Waals surface area contributed by atoms with Crippen molar-refractivity contribution < 1.29 is 14.5 Å². The summed E-state index contributed by atoms with van der Waals surface area (Å²) in [6.07, 6.45) is 0. The number of rotatable bonds is 4. The molecule has 0 spiro atoms. The van der Waals surface area contributed by atoms with Crippen molar-refractivity contribution in [3.63, 3.8) is 0 Å². The van der Waals surface area contributed by atoms with Crippen LogP contribution in [0.1, 0.15) is 11.1 Å². The van der Waals surface area contributed by atoms with Crippen molar-refractivity contribution in [2.45, 2.75) is 13.8 Å². The van der Waals surface area contributed by atoms with Crippen molar-refractivity contribution in [2.24, 2.45) is 0 Å². The minimum absolute atomic E-state index is 0.00972. The van der Waals surface area contributed by atoms with Crippen LogP contribution in [0.4, 0.5) is 11.4 Å². The number of nitro groups is 1. The maximum absolute atomic E-state index is 11.2. The second kappa shape index (κ2) is 5.48. The standard InChI is InChI=1S/C12H16N2O4/c1-8-5-10(13(3)7-12(15)18-4)11(14(16)17)6-9(8)2/h5-6H,7H2,1-4H3. The molecule has 0 aliphatic rings. The number of anilines is 1. The van der Waals surface area contributed by atoms with Gasteiger partial charge in [0.05, 0.1) is 12.0 Å². The molecular weight excluding hydrogens is 236 g/mol. The molecule has 0 fully saturated rings. The van der Waals surface area contributed by atoms with E-state index in [1.54, 1.807) is 13.1 Å². The number of aryl methyl sites for hydroxylation is 2. The van der Waals surface area contributed by atoms with Gasteiger partial charge >= 0.3 is 5.97 Å². The summed E-state index contributed by atoms with van der Waals surface area (Å²) in [7, 11) is 2.90. The first-order valence-electron chi connectivity index (χ1n) is 5.40. The van der Waals surface area contributed by atoms with Crippen molar-refractivity contribution in [1.82, 2.24) is 0 Å². The van der Waals surface area contributed by atoms with E-state index in [0.29, 0.717) is 5.69 Å². The first-order chi connectivity index (χ1) is 8.36. The zero-order chi connectivity index (χ0) is 13.9. The Kier molecular flexibility index (Phi) is 4.25. The van der Waals surface area contributed by atoms with Crippen molar-refractivity contribution in [3.8, 4) is 0 Å². The third-order valence-electron chi connectivity index (χ3n) is 2.79. The van der Waals surface area contributed by atoms with E-state index >= 15 is 0 Å². The average molecular weight is 252 g/mol. The summed E-state index contributed by atoms with van der Waals surface area (Å²) in [6, 6.07) is 3.22. The normalized spacial score (nSPS) is 10.0. The fourth-order valence-electron chi connectivity index (χ4n) is 1.58. The molecule has 0 aliphatic carbocycles. The van der Waals surface area contributed by atoms with Crippen LogP contribution >= 0.6 is 0 Å². The number of hydrogen-bond acceptors (Lipinski definition) is 5. The molecule has 1 aromatic carbocycles. The zero-order valence-electron chi connectivity index (χ0n) is 10.9. The molecule has 0 aliphatic heterocycles. The molecule has 0 bridgehead atoms.